The summed E-state index contributed by atoms with van der Waals surface area (Å²) < 4.78 is 14.5. The van der Waals surface area contributed by atoms with Crippen LogP contribution in [0.1, 0.15) is 13.3 Å². The molecule has 0 aliphatic rings. The van der Waals surface area contributed by atoms with Gasteiger partial charge in [0.05, 0.1) is 11.4 Å². The zero-order valence-corrected chi connectivity index (χ0v) is 15.5. The number of hydrogen-bond acceptors (Lipinski definition) is 6. The Bertz CT molecular complexity index is 948. The molecule has 2 heterocycles. The van der Waals surface area contributed by atoms with Crippen molar-refractivity contribution in [3.05, 3.63) is 45.9 Å². The van der Waals surface area contributed by atoms with Crippen LogP contribution in [-0.4, -0.2) is 31.4 Å². The zero-order chi connectivity index (χ0) is 18.5. The van der Waals surface area contributed by atoms with Crippen LogP contribution in [0.25, 0.3) is 11.3 Å². The third-order valence-electron chi connectivity index (χ3n) is 3.39. The van der Waals surface area contributed by atoms with E-state index in [2.05, 4.69) is 20.5 Å². The SMILES string of the molecule is CCCn1c(SCC(=O)Nc2nc(-c3ccc(F)cc3)cs2)n[nH]c1=O. The number of aromatic nitrogens is 4. The molecular weight excluding hydrogens is 377 g/mol. The predicted octanol–water partition coefficient (Wildman–Crippen LogP) is 2.97. The van der Waals surface area contributed by atoms with Gasteiger partial charge in [0.1, 0.15) is 5.82 Å². The van der Waals surface area contributed by atoms with E-state index in [1.165, 1.54) is 39.8 Å². The standard InChI is InChI=1S/C16H16FN5O2S2/c1-2-7-22-15(24)20-21-16(22)26-9-13(23)19-14-18-12(8-25-14)10-3-5-11(17)6-4-10/h3-6,8H,2,7,9H2,1H3,(H,20,24)(H,18,19,23). The minimum absolute atomic E-state index is 0.111. The molecule has 7 nitrogen and oxygen atoms in total. The number of halogens is 1. The Morgan fingerprint density at radius 1 is 1.38 bits per heavy atom. The second-order valence-electron chi connectivity index (χ2n) is 5.34. The molecule has 0 saturated heterocycles. The largest absolute Gasteiger partial charge is 0.343 e. The van der Waals surface area contributed by atoms with Gasteiger partial charge < -0.3 is 5.32 Å². The van der Waals surface area contributed by atoms with Crippen LogP contribution in [0.15, 0.2) is 39.6 Å². The molecule has 1 aromatic carbocycles. The van der Waals surface area contributed by atoms with Crippen molar-refractivity contribution in [1.82, 2.24) is 19.7 Å². The maximum atomic E-state index is 13.0. The smallest absolute Gasteiger partial charge is 0.301 e. The lowest BCUT2D eigenvalue weighted by Gasteiger charge is -2.03. The maximum Gasteiger partial charge on any atom is 0.343 e. The minimum Gasteiger partial charge on any atom is -0.301 e. The molecule has 10 heteroatoms. The number of hydrogen-bond donors (Lipinski definition) is 2. The lowest BCUT2D eigenvalue weighted by atomic mass is 10.2. The van der Waals surface area contributed by atoms with E-state index in [4.69, 9.17) is 0 Å². The van der Waals surface area contributed by atoms with Crippen LogP contribution < -0.4 is 11.0 Å². The van der Waals surface area contributed by atoms with E-state index >= 15 is 0 Å². The Hall–Kier alpha value is -2.46. The number of nitrogens with zero attached hydrogens (tertiary/aromatic N) is 3. The van der Waals surface area contributed by atoms with Gasteiger partial charge in [-0.15, -0.1) is 16.4 Å². The second-order valence-corrected chi connectivity index (χ2v) is 7.15. The maximum absolute atomic E-state index is 13.0. The van der Waals surface area contributed by atoms with Gasteiger partial charge in [-0.05, 0) is 30.7 Å². The summed E-state index contributed by atoms with van der Waals surface area (Å²) in [6.45, 7) is 2.51. The average molecular weight is 393 g/mol. The molecule has 1 amide bonds. The van der Waals surface area contributed by atoms with E-state index < -0.39 is 0 Å². The number of H-pyrrole nitrogens is 1. The molecule has 0 aliphatic carbocycles. The van der Waals surface area contributed by atoms with Gasteiger partial charge in [0.25, 0.3) is 0 Å². The van der Waals surface area contributed by atoms with Gasteiger partial charge in [0.2, 0.25) is 5.91 Å². The molecule has 0 bridgehead atoms. The Morgan fingerprint density at radius 3 is 2.88 bits per heavy atom. The quantitative estimate of drug-likeness (QED) is 0.602. The van der Waals surface area contributed by atoms with Gasteiger partial charge in [-0.3, -0.25) is 9.36 Å². The first-order chi connectivity index (χ1) is 12.6. The number of thiazole rings is 1. The van der Waals surface area contributed by atoms with Crippen molar-refractivity contribution in [2.75, 3.05) is 11.1 Å². The minimum atomic E-state index is -0.311. The summed E-state index contributed by atoms with van der Waals surface area (Å²) in [5, 5.41) is 11.8. The number of amides is 1. The molecule has 2 N–H and O–H groups in total. The van der Waals surface area contributed by atoms with Crippen molar-refractivity contribution in [3.8, 4) is 11.3 Å². The van der Waals surface area contributed by atoms with Gasteiger partial charge in [-0.2, -0.15) is 0 Å². The fraction of sp³-hybridized carbons (Fsp3) is 0.250. The van der Waals surface area contributed by atoms with Crippen molar-refractivity contribution in [1.29, 1.82) is 0 Å². The normalized spacial score (nSPS) is 10.8. The fourth-order valence-electron chi connectivity index (χ4n) is 2.20. The monoisotopic (exact) mass is 393 g/mol. The molecule has 3 rings (SSSR count). The molecule has 0 saturated carbocycles. The van der Waals surface area contributed by atoms with E-state index in [1.54, 1.807) is 17.5 Å². The van der Waals surface area contributed by atoms with Crippen molar-refractivity contribution >= 4 is 34.1 Å². The Kier molecular flexibility index (Phi) is 5.84. The molecule has 0 unspecified atom stereocenters. The molecule has 0 atom stereocenters. The number of aromatic amines is 1. The number of carbonyl (C=O) groups excluding carboxylic acids is 1. The predicted molar refractivity (Wildman–Crippen MR) is 100 cm³/mol. The number of carbonyl (C=O) groups is 1. The Balaban J connectivity index is 1.59. The first-order valence-electron chi connectivity index (χ1n) is 7.86. The highest BCUT2D eigenvalue weighted by molar-refractivity contribution is 7.99. The first kappa shape index (κ1) is 18.3. The summed E-state index contributed by atoms with van der Waals surface area (Å²) in [7, 11) is 0. The third-order valence-corrected chi connectivity index (χ3v) is 5.13. The summed E-state index contributed by atoms with van der Waals surface area (Å²) in [6.07, 6.45) is 0.796. The third kappa shape index (κ3) is 4.38. The Morgan fingerprint density at radius 2 is 2.15 bits per heavy atom. The van der Waals surface area contributed by atoms with Gasteiger partial charge in [0.15, 0.2) is 10.3 Å². The highest BCUT2D eigenvalue weighted by Crippen LogP contribution is 2.25. The average Bonchev–Trinajstić information content (AvgIpc) is 3.22. The molecule has 0 radical (unpaired) electrons. The number of nitrogens with one attached hydrogen (secondary N) is 2. The molecular formula is C16H16FN5O2S2. The van der Waals surface area contributed by atoms with Crippen LogP contribution in [0.2, 0.25) is 0 Å². The van der Waals surface area contributed by atoms with Crippen LogP contribution in [0, 0.1) is 5.82 Å². The summed E-state index contributed by atoms with van der Waals surface area (Å²) in [6, 6.07) is 6.00. The van der Waals surface area contributed by atoms with Crippen LogP contribution in [0.4, 0.5) is 9.52 Å². The van der Waals surface area contributed by atoms with Crippen LogP contribution >= 0.6 is 23.1 Å². The Labute approximate surface area is 156 Å². The lowest BCUT2D eigenvalue weighted by molar-refractivity contribution is -0.113. The molecule has 3 aromatic rings. The number of anilines is 1. The van der Waals surface area contributed by atoms with Gasteiger partial charge in [-0.25, -0.2) is 19.3 Å². The lowest BCUT2D eigenvalue weighted by Crippen LogP contribution is -2.18. The molecule has 0 aliphatic heterocycles. The van der Waals surface area contributed by atoms with Crippen molar-refractivity contribution in [2.24, 2.45) is 0 Å². The summed E-state index contributed by atoms with van der Waals surface area (Å²) in [4.78, 5) is 28.1. The van der Waals surface area contributed by atoms with Crippen molar-refractivity contribution in [2.45, 2.75) is 25.0 Å². The number of thioether (sulfide) groups is 1. The van der Waals surface area contributed by atoms with Crippen molar-refractivity contribution in [3.63, 3.8) is 0 Å². The zero-order valence-electron chi connectivity index (χ0n) is 13.9. The second kappa shape index (κ2) is 8.28. The fourth-order valence-corrected chi connectivity index (χ4v) is 3.71. The molecule has 0 fully saturated rings. The van der Waals surface area contributed by atoms with E-state index in [0.29, 0.717) is 22.5 Å². The summed E-state index contributed by atoms with van der Waals surface area (Å²) >= 11 is 2.47. The van der Waals surface area contributed by atoms with Gasteiger partial charge in [-0.1, -0.05) is 18.7 Å². The van der Waals surface area contributed by atoms with E-state index in [1.807, 2.05) is 6.92 Å². The molecule has 0 spiro atoms. The van der Waals surface area contributed by atoms with E-state index in [0.717, 1.165) is 12.0 Å². The molecule has 2 aromatic heterocycles. The van der Waals surface area contributed by atoms with E-state index in [9.17, 15) is 14.0 Å². The summed E-state index contributed by atoms with van der Waals surface area (Å²) in [5.41, 5.74) is 1.17. The van der Waals surface area contributed by atoms with Crippen LogP contribution in [0.3, 0.4) is 0 Å². The number of benzene rings is 1. The first-order valence-corrected chi connectivity index (χ1v) is 9.72. The highest BCUT2D eigenvalue weighted by atomic mass is 32.2. The molecule has 26 heavy (non-hydrogen) atoms. The topological polar surface area (TPSA) is 92.7 Å². The van der Waals surface area contributed by atoms with Crippen molar-refractivity contribution < 1.29 is 9.18 Å². The van der Waals surface area contributed by atoms with Crippen LogP contribution in [0.5, 0.6) is 0 Å². The number of rotatable bonds is 7. The van der Waals surface area contributed by atoms with Gasteiger partial charge in [0, 0.05) is 17.5 Å². The van der Waals surface area contributed by atoms with Gasteiger partial charge >= 0.3 is 5.69 Å². The van der Waals surface area contributed by atoms with Crippen LogP contribution in [-0.2, 0) is 11.3 Å². The highest BCUT2D eigenvalue weighted by Gasteiger charge is 2.12. The molecule has 136 valence electrons. The summed E-state index contributed by atoms with van der Waals surface area (Å²) in [5.74, 6) is -0.442. The van der Waals surface area contributed by atoms with E-state index in [-0.39, 0.29) is 23.2 Å².